The Bertz CT molecular complexity index is 644. The zero-order valence-electron chi connectivity index (χ0n) is 31.8. The van der Waals surface area contributed by atoms with E-state index in [0.717, 1.165) is 26.1 Å². The molecular weight excluding hydrogens is 580 g/mol. The van der Waals surface area contributed by atoms with Crippen LogP contribution in [0.5, 0.6) is 0 Å². The van der Waals surface area contributed by atoms with Gasteiger partial charge in [-0.25, -0.2) is 0 Å². The molecule has 0 radical (unpaired) electrons. The molecule has 4 nitrogen and oxygen atoms in total. The number of hydrogen-bond donors (Lipinski definition) is 1. The van der Waals surface area contributed by atoms with Crippen molar-refractivity contribution in [2.24, 2.45) is 0 Å². The van der Waals surface area contributed by atoms with E-state index in [1.165, 1.54) is 167 Å². The van der Waals surface area contributed by atoms with Crippen LogP contribution in [0.4, 0.5) is 0 Å². The number of ether oxygens (including phenoxy) is 3. The average Bonchev–Trinajstić information content (AvgIpc) is 3.08. The fraction of sp³-hybridized carbons (Fsp3) is 0.860. The van der Waals surface area contributed by atoms with E-state index in [9.17, 15) is 0 Å². The third-order valence-electron chi connectivity index (χ3n) is 8.88. The maximum atomic E-state index is 8.95. The summed E-state index contributed by atoms with van der Waals surface area (Å²) in [6.07, 6.45) is 50.7. The Balaban J connectivity index is 3.74. The number of aliphatic hydroxyl groups excluding tert-OH is 1. The highest BCUT2D eigenvalue weighted by Gasteiger charge is 2.10. The molecular formula is C43H82O4. The lowest BCUT2D eigenvalue weighted by Crippen LogP contribution is -2.25. The summed E-state index contributed by atoms with van der Waals surface area (Å²) in [4.78, 5) is 0. The van der Waals surface area contributed by atoms with Crippen LogP contribution < -0.4 is 0 Å². The first kappa shape index (κ1) is 45.9. The highest BCUT2D eigenvalue weighted by molar-refractivity contribution is 4.82. The van der Waals surface area contributed by atoms with Gasteiger partial charge in [0, 0.05) is 19.8 Å². The number of hydrogen-bond acceptors (Lipinski definition) is 4. The van der Waals surface area contributed by atoms with Gasteiger partial charge < -0.3 is 19.3 Å². The lowest BCUT2D eigenvalue weighted by molar-refractivity contribution is -0.0464. The first-order chi connectivity index (χ1) is 23.3. The molecule has 0 amide bonds. The van der Waals surface area contributed by atoms with Crippen molar-refractivity contribution in [3.05, 3.63) is 36.6 Å². The third-order valence-corrected chi connectivity index (χ3v) is 8.88. The van der Waals surface area contributed by atoms with Crippen LogP contribution >= 0.6 is 0 Å². The second kappa shape index (κ2) is 42.9. The number of rotatable bonds is 40. The fourth-order valence-electron chi connectivity index (χ4n) is 5.78. The lowest BCUT2D eigenvalue weighted by atomic mass is 10.1. The van der Waals surface area contributed by atoms with Crippen LogP contribution in [0.1, 0.15) is 200 Å². The van der Waals surface area contributed by atoms with Crippen molar-refractivity contribution in [3.8, 4) is 0 Å². The van der Waals surface area contributed by atoms with Crippen LogP contribution in [-0.4, -0.2) is 44.2 Å². The van der Waals surface area contributed by atoms with Crippen molar-refractivity contribution in [3.63, 3.8) is 0 Å². The molecule has 0 aromatic rings. The predicted molar refractivity (Wildman–Crippen MR) is 206 cm³/mol. The van der Waals surface area contributed by atoms with E-state index in [-0.39, 0.29) is 12.7 Å². The molecule has 0 aromatic heterocycles. The summed E-state index contributed by atoms with van der Waals surface area (Å²) >= 11 is 0. The molecule has 0 saturated heterocycles. The van der Waals surface area contributed by atoms with Gasteiger partial charge in [-0.2, -0.15) is 0 Å². The molecule has 47 heavy (non-hydrogen) atoms. The highest BCUT2D eigenvalue weighted by atomic mass is 16.6. The molecule has 0 aliphatic carbocycles. The average molecular weight is 663 g/mol. The third kappa shape index (κ3) is 41.0. The highest BCUT2D eigenvalue weighted by Crippen LogP contribution is 2.12. The van der Waals surface area contributed by atoms with Crippen molar-refractivity contribution in [1.82, 2.24) is 0 Å². The first-order valence-corrected chi connectivity index (χ1v) is 20.7. The van der Waals surface area contributed by atoms with E-state index in [0.29, 0.717) is 19.6 Å². The minimum absolute atomic E-state index is 0.0361. The minimum atomic E-state index is -0.0361. The van der Waals surface area contributed by atoms with Gasteiger partial charge in [0.2, 0.25) is 0 Å². The molecule has 0 aliphatic heterocycles. The maximum absolute atomic E-state index is 8.95. The van der Waals surface area contributed by atoms with Gasteiger partial charge in [0.25, 0.3) is 0 Å². The van der Waals surface area contributed by atoms with Gasteiger partial charge in [-0.1, -0.05) is 154 Å². The van der Waals surface area contributed by atoms with Crippen LogP contribution in [0.15, 0.2) is 36.6 Å². The minimum Gasteiger partial charge on any atom is -0.499 e. The first-order valence-electron chi connectivity index (χ1n) is 20.7. The molecule has 0 rings (SSSR count). The normalized spacial score (nSPS) is 12.7. The Morgan fingerprint density at radius 3 is 1.28 bits per heavy atom. The molecule has 0 aliphatic rings. The largest absolute Gasteiger partial charge is 0.499 e. The van der Waals surface area contributed by atoms with E-state index in [4.69, 9.17) is 19.3 Å². The molecule has 278 valence electrons. The number of unbranched alkanes of at least 4 members (excludes halogenated alkanes) is 24. The fourth-order valence-corrected chi connectivity index (χ4v) is 5.78. The molecule has 0 aromatic carbocycles. The van der Waals surface area contributed by atoms with Crippen molar-refractivity contribution < 1.29 is 19.3 Å². The quantitative estimate of drug-likeness (QED) is 0.0403. The van der Waals surface area contributed by atoms with Crippen LogP contribution in [0.25, 0.3) is 0 Å². The maximum Gasteiger partial charge on any atom is 0.116 e. The Kier molecular flexibility index (Phi) is 41.9. The van der Waals surface area contributed by atoms with Crippen molar-refractivity contribution in [2.45, 2.75) is 206 Å². The summed E-state index contributed by atoms with van der Waals surface area (Å²) in [6, 6.07) is 0. The van der Waals surface area contributed by atoms with Gasteiger partial charge in [-0.05, 0) is 76.7 Å². The van der Waals surface area contributed by atoms with Crippen LogP contribution in [-0.2, 0) is 14.2 Å². The summed E-state index contributed by atoms with van der Waals surface area (Å²) in [5, 5.41) is 8.95. The molecule has 0 fully saturated rings. The van der Waals surface area contributed by atoms with E-state index < -0.39 is 0 Å². The Labute approximate surface area is 294 Å². The van der Waals surface area contributed by atoms with Crippen molar-refractivity contribution >= 4 is 0 Å². The molecule has 0 heterocycles. The number of aliphatic hydroxyl groups is 1. The van der Waals surface area contributed by atoms with Gasteiger partial charge in [-0.15, -0.1) is 0 Å². The Morgan fingerprint density at radius 1 is 0.426 bits per heavy atom. The summed E-state index contributed by atoms with van der Waals surface area (Å²) in [5.41, 5.74) is 0. The molecule has 4 heteroatoms. The number of allylic oxidation sites excluding steroid dienone is 4. The van der Waals surface area contributed by atoms with Gasteiger partial charge in [0.1, 0.15) is 12.7 Å². The van der Waals surface area contributed by atoms with E-state index >= 15 is 0 Å². The van der Waals surface area contributed by atoms with Crippen LogP contribution in [0.2, 0.25) is 0 Å². The smallest absolute Gasteiger partial charge is 0.116 e. The second-order valence-electron chi connectivity index (χ2n) is 13.7. The summed E-state index contributed by atoms with van der Waals surface area (Å²) in [7, 11) is 0. The van der Waals surface area contributed by atoms with E-state index in [1.807, 2.05) is 6.08 Å². The second-order valence-corrected chi connectivity index (χ2v) is 13.7. The van der Waals surface area contributed by atoms with E-state index in [1.54, 1.807) is 6.26 Å². The lowest BCUT2D eigenvalue weighted by Gasteiger charge is -2.18. The summed E-state index contributed by atoms with van der Waals surface area (Å²) in [6.45, 7) is 7.38. The molecule has 0 bridgehead atoms. The molecule has 1 N–H and O–H groups in total. The van der Waals surface area contributed by atoms with Crippen LogP contribution in [0.3, 0.4) is 0 Å². The van der Waals surface area contributed by atoms with Gasteiger partial charge >= 0.3 is 0 Å². The van der Waals surface area contributed by atoms with Gasteiger partial charge in [-0.3, -0.25) is 0 Å². The summed E-state index contributed by atoms with van der Waals surface area (Å²) < 4.78 is 17.8. The molecule has 0 spiro atoms. The van der Waals surface area contributed by atoms with E-state index in [2.05, 4.69) is 38.2 Å². The standard InChI is InChI=1S/C43H82O4/c1-3-5-7-9-11-13-15-17-19-21-23-25-27-29-31-34-38-45-41-43(42-46-39-36-33-37-44)47-40-35-32-30-28-26-24-22-20-18-16-14-12-10-8-6-4-2/h17-20,36,39,43-44H,3-16,21-35,37-38,40-42H2,1-2H3/b19-17-,20-18-,39-36?. The Hall–Kier alpha value is -1.10. The molecule has 0 saturated carbocycles. The zero-order chi connectivity index (χ0) is 34.0. The predicted octanol–water partition coefficient (Wildman–Crippen LogP) is 13.4. The molecule has 1 unspecified atom stereocenters. The SMILES string of the molecule is CCCCCCCC/C=C\CCCCCCCCOCC(COC=CCCO)OCCCCCCCC/C=C\CCCCCCCC. The van der Waals surface area contributed by atoms with Gasteiger partial charge in [0.05, 0.1) is 12.9 Å². The van der Waals surface area contributed by atoms with Gasteiger partial charge in [0.15, 0.2) is 0 Å². The monoisotopic (exact) mass is 663 g/mol. The molecule has 1 atom stereocenters. The zero-order valence-corrected chi connectivity index (χ0v) is 31.8. The van der Waals surface area contributed by atoms with Crippen molar-refractivity contribution in [2.75, 3.05) is 33.0 Å². The summed E-state index contributed by atoms with van der Waals surface area (Å²) in [5.74, 6) is 0. The topological polar surface area (TPSA) is 47.9 Å². The van der Waals surface area contributed by atoms with Crippen LogP contribution in [0, 0.1) is 0 Å². The Morgan fingerprint density at radius 2 is 0.830 bits per heavy atom. The van der Waals surface area contributed by atoms with Crippen molar-refractivity contribution in [1.29, 1.82) is 0 Å².